The molecule has 4 rings (SSSR count). The third-order valence-electron chi connectivity index (χ3n) is 4.21. The first kappa shape index (κ1) is 16.1. The lowest BCUT2D eigenvalue weighted by Crippen LogP contribution is -2.31. The van der Waals surface area contributed by atoms with Gasteiger partial charge in [-0.3, -0.25) is 0 Å². The highest BCUT2D eigenvalue weighted by Gasteiger charge is 2.31. The number of benzene rings is 1. The van der Waals surface area contributed by atoms with Crippen LogP contribution in [0.2, 0.25) is 0 Å². The number of nitrogens with zero attached hydrogens (tertiary/aromatic N) is 4. The molecule has 6 heteroatoms. The van der Waals surface area contributed by atoms with Gasteiger partial charge in [-0.15, -0.1) is 0 Å². The lowest BCUT2D eigenvalue weighted by molar-refractivity contribution is 0.0990. The zero-order valence-corrected chi connectivity index (χ0v) is 14.3. The van der Waals surface area contributed by atoms with Crippen molar-refractivity contribution in [3.8, 4) is 11.3 Å². The van der Waals surface area contributed by atoms with Crippen LogP contribution in [0.15, 0.2) is 72.0 Å². The summed E-state index contributed by atoms with van der Waals surface area (Å²) in [5, 5.41) is 10.3. The smallest absolute Gasteiger partial charge is 0.431 e. The van der Waals surface area contributed by atoms with E-state index < -0.39 is 12.1 Å². The van der Waals surface area contributed by atoms with Gasteiger partial charge in [-0.2, -0.15) is 15.2 Å². The second-order valence-corrected chi connectivity index (χ2v) is 5.80. The van der Waals surface area contributed by atoms with E-state index in [1.54, 1.807) is 13.1 Å². The Morgan fingerprint density at radius 1 is 1.15 bits per heavy atom. The van der Waals surface area contributed by atoms with E-state index in [1.807, 2.05) is 71.4 Å². The fourth-order valence-electron chi connectivity index (χ4n) is 3.11. The summed E-state index contributed by atoms with van der Waals surface area (Å²) in [7, 11) is 0. The van der Waals surface area contributed by atoms with Crippen LogP contribution in [0.4, 0.5) is 4.79 Å². The number of fused-ring (bicyclic) bond motifs is 1. The van der Waals surface area contributed by atoms with Crippen LogP contribution in [0.3, 0.4) is 0 Å². The van der Waals surface area contributed by atoms with Crippen LogP contribution in [0.25, 0.3) is 16.8 Å². The summed E-state index contributed by atoms with van der Waals surface area (Å²) in [5.41, 5.74) is 3.64. The number of hydrogen-bond donors (Lipinski definition) is 0. The van der Waals surface area contributed by atoms with E-state index >= 15 is 0 Å². The Labute approximate surface area is 151 Å². The van der Waals surface area contributed by atoms with Crippen LogP contribution in [-0.2, 0) is 4.74 Å². The molecule has 1 aliphatic heterocycles. The minimum atomic E-state index is -0.479. The normalized spacial score (nSPS) is 16.2. The molecule has 0 N–H and O–H groups in total. The number of hydrazone groups is 1. The minimum Gasteiger partial charge on any atom is -0.448 e. The van der Waals surface area contributed by atoms with Crippen molar-refractivity contribution >= 4 is 17.8 Å². The molecule has 2 aromatic heterocycles. The van der Waals surface area contributed by atoms with Gasteiger partial charge in [0.15, 0.2) is 0 Å². The number of amides is 1. The maximum Gasteiger partial charge on any atom is 0.431 e. The van der Waals surface area contributed by atoms with Crippen LogP contribution in [0.1, 0.15) is 18.5 Å². The molecule has 3 aromatic rings. The Balaban J connectivity index is 1.90. The average molecular weight is 346 g/mol. The Kier molecular flexibility index (Phi) is 4.23. The SMILES string of the molecule is CCOC(=O)N1N=CC=CC1c1c(-c2ccccc2)nn2ccccc12. The quantitative estimate of drug-likeness (QED) is 0.719. The highest BCUT2D eigenvalue weighted by Crippen LogP contribution is 2.36. The summed E-state index contributed by atoms with van der Waals surface area (Å²) in [6.45, 7) is 2.07. The Morgan fingerprint density at radius 3 is 2.77 bits per heavy atom. The van der Waals surface area contributed by atoms with Gasteiger partial charge in [0.05, 0.1) is 17.8 Å². The van der Waals surface area contributed by atoms with Crippen LogP contribution >= 0.6 is 0 Å². The molecule has 1 atom stereocenters. The molecule has 0 aliphatic carbocycles. The number of pyridine rings is 1. The Bertz CT molecular complexity index is 991. The second kappa shape index (κ2) is 6.84. The third-order valence-corrected chi connectivity index (χ3v) is 4.21. The van der Waals surface area contributed by atoms with E-state index in [9.17, 15) is 4.79 Å². The first-order valence-electron chi connectivity index (χ1n) is 8.49. The van der Waals surface area contributed by atoms with Crippen LogP contribution in [0.5, 0.6) is 0 Å². The van der Waals surface area contributed by atoms with Gasteiger partial charge in [0.1, 0.15) is 6.04 Å². The topological polar surface area (TPSA) is 59.2 Å². The van der Waals surface area contributed by atoms with E-state index in [0.29, 0.717) is 6.61 Å². The number of hydrogen-bond acceptors (Lipinski definition) is 4. The number of carbonyl (C=O) groups is 1. The molecule has 26 heavy (non-hydrogen) atoms. The van der Waals surface area contributed by atoms with E-state index in [4.69, 9.17) is 9.84 Å². The molecule has 0 saturated heterocycles. The maximum atomic E-state index is 12.4. The summed E-state index contributed by atoms with van der Waals surface area (Å²) in [6.07, 6.45) is 6.77. The van der Waals surface area contributed by atoms with Crippen LogP contribution < -0.4 is 0 Å². The van der Waals surface area contributed by atoms with Gasteiger partial charge in [-0.05, 0) is 25.1 Å². The van der Waals surface area contributed by atoms with Gasteiger partial charge in [0.2, 0.25) is 0 Å². The molecule has 1 aliphatic rings. The van der Waals surface area contributed by atoms with Crippen LogP contribution in [0, 0.1) is 0 Å². The van der Waals surface area contributed by atoms with Crippen molar-refractivity contribution in [2.24, 2.45) is 5.10 Å². The molecule has 3 heterocycles. The molecule has 1 amide bonds. The first-order valence-corrected chi connectivity index (χ1v) is 8.49. The highest BCUT2D eigenvalue weighted by atomic mass is 16.6. The summed E-state index contributed by atoms with van der Waals surface area (Å²) >= 11 is 0. The van der Waals surface area contributed by atoms with Crippen molar-refractivity contribution in [2.75, 3.05) is 6.61 Å². The van der Waals surface area contributed by atoms with Crippen molar-refractivity contribution in [1.29, 1.82) is 0 Å². The zero-order chi connectivity index (χ0) is 17.9. The van der Waals surface area contributed by atoms with Crippen molar-refractivity contribution in [3.05, 3.63) is 72.4 Å². The number of allylic oxidation sites excluding steroid dienone is 1. The van der Waals surface area contributed by atoms with Gasteiger partial charge in [0, 0.05) is 23.5 Å². The van der Waals surface area contributed by atoms with E-state index in [1.165, 1.54) is 5.01 Å². The summed E-state index contributed by atoms with van der Waals surface area (Å²) in [4.78, 5) is 12.4. The monoisotopic (exact) mass is 346 g/mol. The van der Waals surface area contributed by atoms with Crippen molar-refractivity contribution in [3.63, 3.8) is 0 Å². The first-order chi connectivity index (χ1) is 12.8. The van der Waals surface area contributed by atoms with Gasteiger partial charge in [-0.1, -0.05) is 42.5 Å². The fraction of sp³-hybridized carbons (Fsp3) is 0.150. The van der Waals surface area contributed by atoms with Crippen molar-refractivity contribution in [1.82, 2.24) is 14.6 Å². The summed E-state index contributed by atoms with van der Waals surface area (Å²) in [5.74, 6) is 0. The summed E-state index contributed by atoms with van der Waals surface area (Å²) < 4.78 is 7.01. The van der Waals surface area contributed by atoms with Gasteiger partial charge in [0.25, 0.3) is 0 Å². The number of aromatic nitrogens is 2. The Hall–Kier alpha value is -3.41. The largest absolute Gasteiger partial charge is 0.448 e. The molecule has 1 unspecified atom stereocenters. The molecule has 0 bridgehead atoms. The van der Waals surface area contributed by atoms with Crippen molar-refractivity contribution < 1.29 is 9.53 Å². The van der Waals surface area contributed by atoms with Gasteiger partial charge < -0.3 is 4.74 Å². The fourth-order valence-corrected chi connectivity index (χ4v) is 3.11. The molecular formula is C20H18N4O2. The molecule has 6 nitrogen and oxygen atoms in total. The lowest BCUT2D eigenvalue weighted by Gasteiger charge is -2.26. The number of carbonyl (C=O) groups excluding carboxylic acids is 1. The predicted octanol–water partition coefficient (Wildman–Crippen LogP) is 4.06. The van der Waals surface area contributed by atoms with Crippen LogP contribution in [-0.4, -0.2) is 33.5 Å². The van der Waals surface area contributed by atoms with E-state index in [0.717, 1.165) is 22.3 Å². The molecule has 0 saturated carbocycles. The predicted molar refractivity (Wildman–Crippen MR) is 99.9 cm³/mol. The number of rotatable bonds is 3. The third kappa shape index (κ3) is 2.75. The van der Waals surface area contributed by atoms with E-state index in [2.05, 4.69) is 5.10 Å². The molecular weight excluding hydrogens is 328 g/mol. The second-order valence-electron chi connectivity index (χ2n) is 5.80. The van der Waals surface area contributed by atoms with Crippen molar-refractivity contribution in [2.45, 2.75) is 13.0 Å². The lowest BCUT2D eigenvalue weighted by atomic mass is 9.99. The molecule has 130 valence electrons. The summed E-state index contributed by atoms with van der Waals surface area (Å²) in [6, 6.07) is 15.4. The number of ether oxygens (including phenoxy) is 1. The molecule has 1 aromatic carbocycles. The standard InChI is InChI=1S/C20H18N4O2/c1-2-26-20(25)24-17(12-8-13-21-24)18-16-11-6-7-14-23(16)22-19(18)15-9-4-3-5-10-15/h3-14,17H,2H2,1H3. The molecule has 0 radical (unpaired) electrons. The van der Waals surface area contributed by atoms with Gasteiger partial charge >= 0.3 is 6.09 Å². The Morgan fingerprint density at radius 2 is 1.96 bits per heavy atom. The molecule has 0 spiro atoms. The van der Waals surface area contributed by atoms with Gasteiger partial charge in [-0.25, -0.2) is 9.31 Å². The average Bonchev–Trinajstić information content (AvgIpc) is 3.08. The maximum absolute atomic E-state index is 12.4. The molecule has 0 fully saturated rings. The zero-order valence-electron chi connectivity index (χ0n) is 14.3. The van der Waals surface area contributed by atoms with E-state index in [-0.39, 0.29) is 0 Å². The highest BCUT2D eigenvalue weighted by molar-refractivity contribution is 5.81. The minimum absolute atomic E-state index is 0.293.